The molecule has 0 fully saturated rings. The van der Waals surface area contributed by atoms with E-state index in [-0.39, 0.29) is 0 Å². The second-order valence-corrected chi connectivity index (χ2v) is 20.9. The van der Waals surface area contributed by atoms with Crippen molar-refractivity contribution >= 4 is 46.4 Å². The van der Waals surface area contributed by atoms with Crippen LogP contribution in [0.15, 0.2) is 231 Å². The van der Waals surface area contributed by atoms with Crippen molar-refractivity contribution in [3.8, 4) is 61.5 Å². The number of fused-ring (bicyclic) bond motifs is 4. The Balaban J connectivity index is 0.978. The third-order valence-electron chi connectivity index (χ3n) is 12.6. The molecule has 0 atom stereocenters. The highest BCUT2D eigenvalue weighted by Crippen LogP contribution is 2.43. The maximum absolute atomic E-state index is 2.49. The first kappa shape index (κ1) is 36.6. The number of aromatic nitrogens is 1. The van der Waals surface area contributed by atoms with E-state index in [1.54, 1.807) is 0 Å². The lowest BCUT2D eigenvalue weighted by atomic mass is 9.98. The molecule has 1 aliphatic rings. The number of para-hydroxylation sites is 1. The van der Waals surface area contributed by atoms with Gasteiger partial charge in [0.15, 0.2) is 0 Å². The summed E-state index contributed by atoms with van der Waals surface area (Å²) in [4.78, 5) is 2.42. The van der Waals surface area contributed by atoms with Crippen LogP contribution in [0, 0.1) is 0 Å². The minimum atomic E-state index is -1.88. The fraction of sp³-hybridized carbons (Fsp3) is 0.0345. The summed E-state index contributed by atoms with van der Waals surface area (Å²) < 4.78 is 2.43. The highest BCUT2D eigenvalue weighted by Gasteiger charge is 2.37. The van der Waals surface area contributed by atoms with Crippen LogP contribution >= 0.6 is 0 Å². The molecule has 0 saturated carbocycles. The molecule has 0 radical (unpaired) electrons. The van der Waals surface area contributed by atoms with Gasteiger partial charge in [-0.15, -0.1) is 0 Å². The van der Waals surface area contributed by atoms with Gasteiger partial charge in [-0.2, -0.15) is 0 Å². The monoisotopic (exact) mass is 796 g/mol. The molecule has 1 aromatic heterocycles. The smallest absolute Gasteiger partial charge is 0.113 e. The van der Waals surface area contributed by atoms with Gasteiger partial charge >= 0.3 is 0 Å². The standard InChI is InChI=1S/C58H44N2Si/c1-61(2)55-25-15-13-22-51(55)52-39-38-50(40-56(52)61)59(47-32-26-42(27-33-47)41-16-6-3-7-17-41)48-34-28-43(29-35-48)44-30-36-49(37-31-44)60-54-24-14-12-23-53(54)57(45-18-8-4-9-19-45)58(60)46-20-10-5-11-21-46/h3-40H,1-2H3. The third kappa shape index (κ3) is 6.33. The van der Waals surface area contributed by atoms with Crippen LogP contribution in [0.3, 0.4) is 0 Å². The number of hydrogen-bond acceptors (Lipinski definition) is 1. The summed E-state index contributed by atoms with van der Waals surface area (Å²) in [7, 11) is -1.88. The van der Waals surface area contributed by atoms with Gasteiger partial charge < -0.3 is 9.47 Å². The summed E-state index contributed by atoms with van der Waals surface area (Å²) in [5.74, 6) is 0. The molecule has 0 spiro atoms. The molecule has 290 valence electrons. The van der Waals surface area contributed by atoms with E-state index in [4.69, 9.17) is 0 Å². The minimum absolute atomic E-state index is 1.13. The lowest BCUT2D eigenvalue weighted by Gasteiger charge is -2.28. The topological polar surface area (TPSA) is 8.17 Å². The van der Waals surface area contributed by atoms with Crippen LogP contribution in [0.25, 0.3) is 72.4 Å². The Bertz CT molecular complexity index is 3170. The van der Waals surface area contributed by atoms with E-state index in [0.717, 1.165) is 17.1 Å². The molecule has 0 bridgehead atoms. The first-order valence-corrected chi connectivity index (χ1v) is 24.2. The zero-order valence-electron chi connectivity index (χ0n) is 34.3. The maximum atomic E-state index is 2.49. The summed E-state index contributed by atoms with van der Waals surface area (Å²) in [5.41, 5.74) is 18.2. The molecule has 0 amide bonds. The van der Waals surface area contributed by atoms with E-state index in [1.807, 2.05) is 0 Å². The Hall–Kier alpha value is -7.46. The van der Waals surface area contributed by atoms with E-state index in [0.29, 0.717) is 0 Å². The van der Waals surface area contributed by atoms with Crippen molar-refractivity contribution in [1.29, 1.82) is 0 Å². The zero-order valence-corrected chi connectivity index (χ0v) is 35.3. The number of hydrogen-bond donors (Lipinski definition) is 0. The van der Waals surface area contributed by atoms with Crippen LogP contribution in [-0.4, -0.2) is 12.6 Å². The summed E-state index contributed by atoms with van der Waals surface area (Å²) in [6, 6.07) is 84.3. The van der Waals surface area contributed by atoms with Crippen LogP contribution in [0.4, 0.5) is 17.1 Å². The van der Waals surface area contributed by atoms with Gasteiger partial charge in [0.2, 0.25) is 0 Å². The third-order valence-corrected chi connectivity index (χ3v) is 16.2. The summed E-state index contributed by atoms with van der Waals surface area (Å²) in [5, 5.41) is 4.26. The fourth-order valence-corrected chi connectivity index (χ4v) is 12.7. The Kier molecular flexibility index (Phi) is 8.98. The van der Waals surface area contributed by atoms with E-state index in [2.05, 4.69) is 253 Å². The van der Waals surface area contributed by atoms with Crippen molar-refractivity contribution in [2.75, 3.05) is 4.90 Å². The Morgan fingerprint density at radius 3 is 1.44 bits per heavy atom. The van der Waals surface area contributed by atoms with Gasteiger partial charge in [0.1, 0.15) is 8.07 Å². The van der Waals surface area contributed by atoms with E-state index in [1.165, 1.54) is 82.7 Å². The van der Waals surface area contributed by atoms with Gasteiger partial charge in [-0.05, 0) is 109 Å². The Morgan fingerprint density at radius 1 is 0.361 bits per heavy atom. The van der Waals surface area contributed by atoms with Crippen molar-refractivity contribution in [3.05, 3.63) is 231 Å². The van der Waals surface area contributed by atoms with Gasteiger partial charge in [-0.3, -0.25) is 0 Å². The van der Waals surface area contributed by atoms with E-state index < -0.39 is 8.07 Å². The van der Waals surface area contributed by atoms with Crippen LogP contribution < -0.4 is 15.3 Å². The lowest BCUT2D eigenvalue weighted by molar-refractivity contribution is 1.14. The average Bonchev–Trinajstić information content (AvgIpc) is 3.79. The Morgan fingerprint density at radius 2 is 0.820 bits per heavy atom. The van der Waals surface area contributed by atoms with E-state index >= 15 is 0 Å². The first-order chi connectivity index (χ1) is 30.0. The normalized spacial score (nSPS) is 12.6. The summed E-state index contributed by atoms with van der Waals surface area (Å²) in [6.07, 6.45) is 0. The molecule has 0 N–H and O–H groups in total. The predicted octanol–water partition coefficient (Wildman–Crippen LogP) is 14.6. The predicted molar refractivity (Wildman–Crippen MR) is 262 cm³/mol. The molecule has 0 unspecified atom stereocenters. The van der Waals surface area contributed by atoms with Gasteiger partial charge in [0, 0.05) is 33.7 Å². The quantitative estimate of drug-likeness (QED) is 0.139. The molecule has 61 heavy (non-hydrogen) atoms. The zero-order chi connectivity index (χ0) is 40.9. The first-order valence-electron chi connectivity index (χ1n) is 21.2. The molecule has 10 aromatic rings. The molecule has 0 saturated heterocycles. The van der Waals surface area contributed by atoms with Crippen LogP contribution in [0.5, 0.6) is 0 Å². The number of anilines is 3. The van der Waals surface area contributed by atoms with Crippen LogP contribution in [0.1, 0.15) is 0 Å². The van der Waals surface area contributed by atoms with Crippen LogP contribution in [-0.2, 0) is 0 Å². The van der Waals surface area contributed by atoms with Crippen molar-refractivity contribution in [2.24, 2.45) is 0 Å². The summed E-state index contributed by atoms with van der Waals surface area (Å²) >= 11 is 0. The molecule has 9 aromatic carbocycles. The van der Waals surface area contributed by atoms with Crippen molar-refractivity contribution < 1.29 is 0 Å². The second-order valence-electron chi connectivity index (χ2n) is 16.6. The average molecular weight is 797 g/mol. The van der Waals surface area contributed by atoms with Crippen molar-refractivity contribution in [2.45, 2.75) is 13.1 Å². The minimum Gasteiger partial charge on any atom is -0.311 e. The molecular formula is C58H44N2Si. The molecule has 0 aliphatic carbocycles. The highest BCUT2D eigenvalue weighted by atomic mass is 28.3. The van der Waals surface area contributed by atoms with Crippen molar-refractivity contribution in [1.82, 2.24) is 4.57 Å². The van der Waals surface area contributed by atoms with E-state index in [9.17, 15) is 0 Å². The SMILES string of the molecule is C[Si]1(C)c2ccccc2-c2ccc(N(c3ccc(-c4ccccc4)cc3)c3ccc(-c4ccc(-n5c(-c6ccccc6)c(-c6ccccc6)c6ccccc65)cc4)cc3)cc21. The maximum Gasteiger partial charge on any atom is 0.113 e. The fourth-order valence-electron chi connectivity index (χ4n) is 9.59. The second kappa shape index (κ2) is 15.0. The molecule has 1 aliphatic heterocycles. The molecule has 11 rings (SSSR count). The highest BCUT2D eigenvalue weighted by molar-refractivity contribution is 7.03. The molecular weight excluding hydrogens is 753 g/mol. The van der Waals surface area contributed by atoms with Gasteiger partial charge in [0.25, 0.3) is 0 Å². The molecule has 2 nitrogen and oxygen atoms in total. The number of rotatable bonds is 8. The Labute approximate surface area is 359 Å². The van der Waals surface area contributed by atoms with Crippen LogP contribution in [0.2, 0.25) is 13.1 Å². The molecule has 2 heterocycles. The van der Waals surface area contributed by atoms with Crippen molar-refractivity contribution in [3.63, 3.8) is 0 Å². The summed E-state index contributed by atoms with van der Waals surface area (Å²) in [6.45, 7) is 4.98. The lowest BCUT2D eigenvalue weighted by Crippen LogP contribution is -2.49. The van der Waals surface area contributed by atoms with Gasteiger partial charge in [0.05, 0.1) is 11.2 Å². The number of nitrogens with zero attached hydrogens (tertiary/aromatic N) is 2. The molecule has 3 heteroatoms. The number of benzene rings is 9. The largest absolute Gasteiger partial charge is 0.311 e. The van der Waals surface area contributed by atoms with Gasteiger partial charge in [-0.1, -0.05) is 189 Å². The van der Waals surface area contributed by atoms with Gasteiger partial charge in [-0.25, -0.2) is 0 Å².